The number of carbonyl (C=O) groups is 1. The fourth-order valence-corrected chi connectivity index (χ4v) is 2.85. The number of aryl methyl sites for hydroxylation is 2. The van der Waals surface area contributed by atoms with Crippen LogP contribution in [0.5, 0.6) is 0 Å². The van der Waals surface area contributed by atoms with Crippen LogP contribution in [0.2, 0.25) is 0 Å². The van der Waals surface area contributed by atoms with Gasteiger partial charge in [-0.2, -0.15) is 10.4 Å². The van der Waals surface area contributed by atoms with Crippen molar-refractivity contribution < 1.29 is 13.9 Å². The Bertz CT molecular complexity index is 1010. The van der Waals surface area contributed by atoms with Gasteiger partial charge < -0.3 is 4.74 Å². The molecule has 1 aromatic heterocycles. The number of rotatable bonds is 4. The Balaban J connectivity index is 2.77. The zero-order valence-corrected chi connectivity index (χ0v) is 19.1. The molecule has 0 aliphatic heterocycles. The predicted octanol–water partition coefficient (Wildman–Crippen LogP) is 5.63. The zero-order chi connectivity index (χ0) is 22.9. The lowest BCUT2D eigenvalue weighted by Gasteiger charge is -2.21. The Labute approximate surface area is 178 Å². The maximum absolute atomic E-state index is 15.0. The van der Waals surface area contributed by atoms with E-state index in [4.69, 9.17) is 4.74 Å². The van der Waals surface area contributed by atoms with Crippen molar-refractivity contribution in [1.29, 1.82) is 5.26 Å². The predicted molar refractivity (Wildman–Crippen MR) is 116 cm³/mol. The molecule has 0 amide bonds. The van der Waals surface area contributed by atoms with E-state index in [0.717, 1.165) is 5.56 Å². The summed E-state index contributed by atoms with van der Waals surface area (Å²) in [6.07, 6.45) is 0. The molecule has 1 aromatic carbocycles. The molecule has 0 unspecified atom stereocenters. The molecule has 6 heteroatoms. The largest absolute Gasteiger partial charge is 0.422 e. The summed E-state index contributed by atoms with van der Waals surface area (Å²) in [5, 5.41) is 14.1. The molecule has 2 rings (SSSR count). The number of hydrogen-bond acceptors (Lipinski definition) is 4. The van der Waals surface area contributed by atoms with Gasteiger partial charge in [-0.3, -0.25) is 9.48 Å². The van der Waals surface area contributed by atoms with Gasteiger partial charge in [-0.15, -0.1) is 0 Å². The molecule has 0 fully saturated rings. The molecule has 1 heterocycles. The van der Waals surface area contributed by atoms with Crippen LogP contribution in [0.1, 0.15) is 71.0 Å². The third kappa shape index (κ3) is 4.79. The van der Waals surface area contributed by atoms with Gasteiger partial charge in [0.05, 0.1) is 11.1 Å². The molecule has 0 aliphatic carbocycles. The van der Waals surface area contributed by atoms with Crippen LogP contribution in [0.25, 0.3) is 11.3 Å². The number of benzene rings is 1. The lowest BCUT2D eigenvalue weighted by atomic mass is 9.86. The highest BCUT2D eigenvalue weighted by Gasteiger charge is 2.31. The van der Waals surface area contributed by atoms with Crippen molar-refractivity contribution in [2.24, 2.45) is 5.41 Å². The Morgan fingerprint density at radius 1 is 1.17 bits per heavy atom. The summed E-state index contributed by atoms with van der Waals surface area (Å²) in [6.45, 7) is 15.1. The smallest absolute Gasteiger partial charge is 0.316 e. The van der Waals surface area contributed by atoms with Crippen molar-refractivity contribution in [3.63, 3.8) is 0 Å². The summed E-state index contributed by atoms with van der Waals surface area (Å²) >= 11 is 0. The fourth-order valence-electron chi connectivity index (χ4n) is 2.85. The number of ether oxygens (including phenoxy) is 1. The number of hydrogen-bond donors (Lipinski definition) is 0. The first-order valence-electron chi connectivity index (χ1n) is 10.0. The van der Waals surface area contributed by atoms with Crippen molar-refractivity contribution in [3.8, 4) is 6.07 Å². The standard InChI is InChI=1S/C24H30FN3O2/c1-9-28-20(19(25)15(2)27-28)21(30-22(29)24(6,7)8)18(14-26)16-10-12-17(13-11-16)23(3,4)5/h10-13H,9H2,1-8H3/b21-18+. The van der Waals surface area contributed by atoms with Crippen LogP contribution in [0, 0.1) is 29.5 Å². The fraction of sp³-hybridized carbons (Fsp3) is 0.458. The average molecular weight is 412 g/mol. The van der Waals surface area contributed by atoms with Crippen LogP contribution in [-0.4, -0.2) is 15.7 Å². The molecule has 0 saturated heterocycles. The van der Waals surface area contributed by atoms with Gasteiger partial charge in [-0.25, -0.2) is 4.39 Å². The number of halogens is 1. The monoisotopic (exact) mass is 411 g/mol. The Morgan fingerprint density at radius 2 is 1.73 bits per heavy atom. The van der Waals surface area contributed by atoms with Crippen LogP contribution in [0.4, 0.5) is 4.39 Å². The summed E-state index contributed by atoms with van der Waals surface area (Å²) in [6, 6.07) is 9.55. The van der Waals surface area contributed by atoms with Crippen molar-refractivity contribution in [3.05, 3.63) is 52.6 Å². The van der Waals surface area contributed by atoms with E-state index in [-0.39, 0.29) is 28.1 Å². The minimum Gasteiger partial charge on any atom is -0.422 e. The first kappa shape index (κ1) is 23.3. The molecule has 0 atom stereocenters. The van der Waals surface area contributed by atoms with Crippen LogP contribution in [-0.2, 0) is 21.5 Å². The van der Waals surface area contributed by atoms with E-state index >= 15 is 4.39 Å². The minimum absolute atomic E-state index is 0.00375. The average Bonchev–Trinajstić information content (AvgIpc) is 2.94. The number of carbonyl (C=O) groups excluding carboxylic acids is 1. The molecular formula is C24H30FN3O2. The topological polar surface area (TPSA) is 67.9 Å². The van der Waals surface area contributed by atoms with Gasteiger partial charge in [0.15, 0.2) is 11.6 Å². The quantitative estimate of drug-likeness (QED) is 0.371. The molecule has 2 aromatic rings. The number of aromatic nitrogens is 2. The van der Waals surface area contributed by atoms with E-state index in [1.165, 1.54) is 4.68 Å². The highest BCUT2D eigenvalue weighted by molar-refractivity contribution is 5.97. The number of nitrogens with zero attached hydrogens (tertiary/aromatic N) is 3. The van der Waals surface area contributed by atoms with Crippen LogP contribution in [0.15, 0.2) is 24.3 Å². The SMILES string of the molecule is CCn1nc(C)c(F)c1/C(OC(=O)C(C)(C)C)=C(/C#N)c1ccc(C(C)(C)C)cc1. The van der Waals surface area contributed by atoms with E-state index in [1.54, 1.807) is 39.8 Å². The first-order chi connectivity index (χ1) is 13.8. The summed E-state index contributed by atoms with van der Waals surface area (Å²) in [5.41, 5.74) is 1.02. The van der Waals surface area contributed by atoms with E-state index in [9.17, 15) is 10.1 Å². The highest BCUT2D eigenvalue weighted by atomic mass is 19.1. The van der Waals surface area contributed by atoms with Crippen LogP contribution >= 0.6 is 0 Å². The van der Waals surface area contributed by atoms with Gasteiger partial charge in [-0.05, 0) is 51.2 Å². The highest BCUT2D eigenvalue weighted by Crippen LogP contribution is 2.33. The van der Waals surface area contributed by atoms with Crippen LogP contribution < -0.4 is 0 Å². The molecule has 0 N–H and O–H groups in total. The number of nitriles is 1. The third-order valence-corrected chi connectivity index (χ3v) is 4.75. The van der Waals surface area contributed by atoms with Gasteiger partial charge in [-0.1, -0.05) is 45.0 Å². The van der Waals surface area contributed by atoms with Gasteiger partial charge in [0.2, 0.25) is 0 Å². The number of esters is 1. The van der Waals surface area contributed by atoms with E-state index in [0.29, 0.717) is 12.1 Å². The molecule has 0 saturated carbocycles. The second-order valence-corrected chi connectivity index (χ2v) is 9.35. The number of allylic oxidation sites excluding steroid dienone is 1. The first-order valence-corrected chi connectivity index (χ1v) is 10.0. The van der Waals surface area contributed by atoms with Crippen molar-refractivity contribution in [1.82, 2.24) is 9.78 Å². The van der Waals surface area contributed by atoms with Gasteiger partial charge >= 0.3 is 5.97 Å². The molecule has 30 heavy (non-hydrogen) atoms. The maximum Gasteiger partial charge on any atom is 0.316 e. The molecule has 0 radical (unpaired) electrons. The Morgan fingerprint density at radius 3 is 2.17 bits per heavy atom. The van der Waals surface area contributed by atoms with E-state index < -0.39 is 17.2 Å². The molecule has 0 bridgehead atoms. The summed E-state index contributed by atoms with van der Waals surface area (Å²) in [4.78, 5) is 12.7. The van der Waals surface area contributed by atoms with Gasteiger partial charge in [0.1, 0.15) is 17.3 Å². The lowest BCUT2D eigenvalue weighted by molar-refractivity contribution is -0.145. The molecule has 160 valence electrons. The summed E-state index contributed by atoms with van der Waals surface area (Å²) in [5.74, 6) is -1.27. The molecule has 5 nitrogen and oxygen atoms in total. The van der Waals surface area contributed by atoms with Gasteiger partial charge in [0.25, 0.3) is 0 Å². The van der Waals surface area contributed by atoms with Crippen molar-refractivity contribution >= 4 is 17.3 Å². The third-order valence-electron chi connectivity index (χ3n) is 4.75. The summed E-state index contributed by atoms with van der Waals surface area (Å²) < 4.78 is 22.1. The Hall–Kier alpha value is -2.94. The molecule has 0 spiro atoms. The van der Waals surface area contributed by atoms with E-state index in [2.05, 4.69) is 31.9 Å². The van der Waals surface area contributed by atoms with Crippen molar-refractivity contribution in [2.75, 3.05) is 0 Å². The maximum atomic E-state index is 15.0. The Kier molecular flexibility index (Phi) is 6.56. The van der Waals surface area contributed by atoms with Crippen LogP contribution in [0.3, 0.4) is 0 Å². The lowest BCUT2D eigenvalue weighted by Crippen LogP contribution is -2.23. The normalized spacial score (nSPS) is 12.9. The van der Waals surface area contributed by atoms with Gasteiger partial charge in [0, 0.05) is 6.54 Å². The molecular weight excluding hydrogens is 381 g/mol. The second kappa shape index (κ2) is 8.43. The minimum atomic E-state index is -0.829. The van der Waals surface area contributed by atoms with E-state index in [1.807, 2.05) is 19.1 Å². The zero-order valence-electron chi connectivity index (χ0n) is 19.1. The summed E-state index contributed by atoms with van der Waals surface area (Å²) in [7, 11) is 0. The second-order valence-electron chi connectivity index (χ2n) is 9.35. The molecule has 0 aliphatic rings. The van der Waals surface area contributed by atoms with Crippen molar-refractivity contribution in [2.45, 2.75) is 67.3 Å².